The normalized spacial score (nSPS) is 11.0. The van der Waals surface area contributed by atoms with Crippen molar-refractivity contribution in [3.8, 4) is 5.75 Å². The van der Waals surface area contributed by atoms with E-state index in [0.717, 1.165) is 0 Å². The molecule has 0 saturated heterocycles. The van der Waals surface area contributed by atoms with Crippen LogP contribution >= 0.6 is 0 Å². The van der Waals surface area contributed by atoms with Crippen LogP contribution in [-0.4, -0.2) is 23.0 Å². The summed E-state index contributed by atoms with van der Waals surface area (Å²) in [5.41, 5.74) is -0.290. The van der Waals surface area contributed by atoms with Crippen LogP contribution in [0.5, 0.6) is 5.75 Å². The first-order chi connectivity index (χ1) is 7.37. The van der Waals surface area contributed by atoms with E-state index in [4.69, 9.17) is 4.74 Å². The van der Waals surface area contributed by atoms with Crippen molar-refractivity contribution < 1.29 is 13.9 Å². The van der Waals surface area contributed by atoms with E-state index < -0.39 is 5.95 Å². The molecule has 0 saturated carbocycles. The third-order valence-corrected chi connectivity index (χ3v) is 1.58. The zero-order chi connectivity index (χ0) is 12.2. The van der Waals surface area contributed by atoms with Gasteiger partial charge >= 0.3 is 0 Å². The molecule has 0 bridgehead atoms. The second-order valence-corrected chi connectivity index (χ2v) is 4.40. The van der Waals surface area contributed by atoms with Gasteiger partial charge in [0.15, 0.2) is 6.61 Å². The highest BCUT2D eigenvalue weighted by Crippen LogP contribution is 2.08. The van der Waals surface area contributed by atoms with Gasteiger partial charge < -0.3 is 10.1 Å². The Kier molecular flexibility index (Phi) is 3.82. The quantitative estimate of drug-likeness (QED) is 0.795. The Morgan fingerprint density at radius 3 is 2.69 bits per heavy atom. The Hall–Kier alpha value is -1.65. The fraction of sp³-hybridized carbons (Fsp3) is 0.455. The van der Waals surface area contributed by atoms with Gasteiger partial charge in [-0.25, -0.2) is 4.98 Å². The number of hydrogen-bond donors (Lipinski definition) is 1. The van der Waals surface area contributed by atoms with Gasteiger partial charge in [-0.3, -0.25) is 4.79 Å². The maximum Gasteiger partial charge on any atom is 0.258 e. The number of hydrogen-bond acceptors (Lipinski definition) is 3. The molecule has 1 heterocycles. The van der Waals surface area contributed by atoms with Crippen LogP contribution in [0.15, 0.2) is 18.3 Å². The molecule has 0 aromatic carbocycles. The summed E-state index contributed by atoms with van der Waals surface area (Å²) in [6.45, 7) is 5.53. The molecule has 0 aliphatic carbocycles. The monoisotopic (exact) mass is 226 g/mol. The Bertz CT molecular complexity index is 357. The van der Waals surface area contributed by atoms with Crippen molar-refractivity contribution in [2.24, 2.45) is 0 Å². The zero-order valence-corrected chi connectivity index (χ0v) is 9.58. The lowest BCUT2D eigenvalue weighted by molar-refractivity contribution is -0.124. The first kappa shape index (κ1) is 12.4. The Balaban J connectivity index is 2.40. The van der Waals surface area contributed by atoms with Crippen LogP contribution in [0.3, 0.4) is 0 Å². The minimum Gasteiger partial charge on any atom is -0.482 e. The van der Waals surface area contributed by atoms with E-state index in [0.29, 0.717) is 5.75 Å². The molecule has 0 unspecified atom stereocenters. The van der Waals surface area contributed by atoms with Gasteiger partial charge in [0.05, 0.1) is 6.20 Å². The van der Waals surface area contributed by atoms with Gasteiger partial charge in [-0.05, 0) is 32.9 Å². The molecule has 1 rings (SSSR count). The van der Waals surface area contributed by atoms with Crippen molar-refractivity contribution in [1.82, 2.24) is 10.3 Å². The SMILES string of the molecule is CC(C)(C)NC(=O)COc1ccc(F)nc1. The fourth-order valence-electron chi connectivity index (χ4n) is 1.05. The van der Waals surface area contributed by atoms with Gasteiger partial charge in [-0.2, -0.15) is 4.39 Å². The molecule has 0 aliphatic heterocycles. The van der Waals surface area contributed by atoms with Crippen molar-refractivity contribution >= 4 is 5.91 Å². The summed E-state index contributed by atoms with van der Waals surface area (Å²) in [5, 5.41) is 2.74. The summed E-state index contributed by atoms with van der Waals surface area (Å²) in [6, 6.07) is 2.60. The molecule has 0 aliphatic rings. The molecular weight excluding hydrogens is 211 g/mol. The molecule has 1 aromatic rings. The molecule has 0 radical (unpaired) electrons. The number of aromatic nitrogens is 1. The molecule has 1 aromatic heterocycles. The summed E-state index contributed by atoms with van der Waals surface area (Å²) >= 11 is 0. The molecule has 0 atom stereocenters. The standard InChI is InChI=1S/C11H15FN2O2/c1-11(2,3)14-10(15)7-16-8-4-5-9(12)13-6-8/h4-6H,7H2,1-3H3,(H,14,15). The van der Waals surface area contributed by atoms with Crippen LogP contribution in [-0.2, 0) is 4.79 Å². The van der Waals surface area contributed by atoms with Crippen LogP contribution < -0.4 is 10.1 Å². The lowest BCUT2D eigenvalue weighted by Gasteiger charge is -2.20. The molecule has 1 amide bonds. The predicted octanol–water partition coefficient (Wildman–Crippen LogP) is 1.51. The van der Waals surface area contributed by atoms with Gasteiger partial charge in [0.25, 0.3) is 5.91 Å². The highest BCUT2D eigenvalue weighted by Gasteiger charge is 2.13. The highest BCUT2D eigenvalue weighted by atomic mass is 19.1. The fourth-order valence-corrected chi connectivity index (χ4v) is 1.05. The maximum absolute atomic E-state index is 12.5. The van der Waals surface area contributed by atoms with Gasteiger partial charge in [0.2, 0.25) is 5.95 Å². The second kappa shape index (κ2) is 4.92. The van der Waals surface area contributed by atoms with Crippen molar-refractivity contribution in [1.29, 1.82) is 0 Å². The topological polar surface area (TPSA) is 51.2 Å². The van der Waals surface area contributed by atoms with E-state index in [9.17, 15) is 9.18 Å². The van der Waals surface area contributed by atoms with Crippen LogP contribution in [0.4, 0.5) is 4.39 Å². The van der Waals surface area contributed by atoms with Gasteiger partial charge in [0.1, 0.15) is 5.75 Å². The number of nitrogens with zero attached hydrogens (tertiary/aromatic N) is 1. The van der Waals surface area contributed by atoms with E-state index in [1.165, 1.54) is 18.3 Å². The predicted molar refractivity (Wildman–Crippen MR) is 57.6 cm³/mol. The lowest BCUT2D eigenvalue weighted by Crippen LogP contribution is -2.43. The number of rotatable bonds is 3. The van der Waals surface area contributed by atoms with E-state index in [-0.39, 0.29) is 18.1 Å². The maximum atomic E-state index is 12.5. The van der Waals surface area contributed by atoms with Crippen molar-refractivity contribution in [3.63, 3.8) is 0 Å². The van der Waals surface area contributed by atoms with E-state index in [1.54, 1.807) is 0 Å². The third-order valence-electron chi connectivity index (χ3n) is 1.58. The molecule has 0 spiro atoms. The summed E-state index contributed by atoms with van der Waals surface area (Å²) in [5.74, 6) is -0.436. The molecule has 4 nitrogen and oxygen atoms in total. The average molecular weight is 226 g/mol. The Labute approximate surface area is 93.8 Å². The molecule has 0 fully saturated rings. The number of ether oxygens (including phenoxy) is 1. The first-order valence-electron chi connectivity index (χ1n) is 4.92. The second-order valence-electron chi connectivity index (χ2n) is 4.40. The van der Waals surface area contributed by atoms with E-state index in [2.05, 4.69) is 10.3 Å². The summed E-state index contributed by atoms with van der Waals surface area (Å²) in [6.07, 6.45) is 1.24. The molecule has 16 heavy (non-hydrogen) atoms. The number of nitrogens with one attached hydrogen (secondary N) is 1. The number of carbonyl (C=O) groups excluding carboxylic acids is 1. The zero-order valence-electron chi connectivity index (χ0n) is 9.58. The average Bonchev–Trinajstić information content (AvgIpc) is 2.14. The van der Waals surface area contributed by atoms with Gasteiger partial charge in [-0.15, -0.1) is 0 Å². The minimum atomic E-state index is -0.577. The number of amides is 1. The van der Waals surface area contributed by atoms with E-state index in [1.807, 2.05) is 20.8 Å². The number of halogens is 1. The first-order valence-corrected chi connectivity index (χ1v) is 4.92. The number of carbonyl (C=O) groups is 1. The third kappa shape index (κ3) is 4.72. The van der Waals surface area contributed by atoms with Crippen LogP contribution in [0, 0.1) is 5.95 Å². The van der Waals surface area contributed by atoms with Crippen molar-refractivity contribution in [2.45, 2.75) is 26.3 Å². The van der Waals surface area contributed by atoms with Gasteiger partial charge in [0, 0.05) is 5.54 Å². The van der Waals surface area contributed by atoms with Gasteiger partial charge in [-0.1, -0.05) is 0 Å². The number of pyridine rings is 1. The summed E-state index contributed by atoms with van der Waals surface area (Å²) in [4.78, 5) is 14.8. The molecule has 88 valence electrons. The lowest BCUT2D eigenvalue weighted by atomic mass is 10.1. The van der Waals surface area contributed by atoms with Crippen molar-refractivity contribution in [2.75, 3.05) is 6.61 Å². The van der Waals surface area contributed by atoms with Crippen LogP contribution in [0.2, 0.25) is 0 Å². The molecular formula is C11H15FN2O2. The highest BCUT2D eigenvalue weighted by molar-refractivity contribution is 5.78. The van der Waals surface area contributed by atoms with Crippen LogP contribution in [0.25, 0.3) is 0 Å². The van der Waals surface area contributed by atoms with Crippen molar-refractivity contribution in [3.05, 3.63) is 24.3 Å². The van der Waals surface area contributed by atoms with E-state index >= 15 is 0 Å². The Morgan fingerprint density at radius 2 is 2.19 bits per heavy atom. The summed E-state index contributed by atoms with van der Waals surface area (Å²) in [7, 11) is 0. The minimum absolute atomic E-state index is 0.107. The van der Waals surface area contributed by atoms with Crippen LogP contribution in [0.1, 0.15) is 20.8 Å². The summed E-state index contributed by atoms with van der Waals surface area (Å²) < 4.78 is 17.6. The molecule has 5 heteroatoms. The smallest absolute Gasteiger partial charge is 0.258 e. The molecule has 1 N–H and O–H groups in total. The largest absolute Gasteiger partial charge is 0.482 e. The Morgan fingerprint density at radius 1 is 1.50 bits per heavy atom.